The van der Waals surface area contributed by atoms with Gasteiger partial charge in [0.05, 0.1) is 18.8 Å². The Kier molecular flexibility index (Phi) is 7.24. The summed E-state index contributed by atoms with van der Waals surface area (Å²) in [6.07, 6.45) is 3.89. The second kappa shape index (κ2) is 9.95. The summed E-state index contributed by atoms with van der Waals surface area (Å²) in [7, 11) is 0. The topological polar surface area (TPSA) is 96.4 Å². The first-order valence-corrected chi connectivity index (χ1v) is 11.9. The zero-order valence-electron chi connectivity index (χ0n) is 18.4. The van der Waals surface area contributed by atoms with E-state index in [-0.39, 0.29) is 42.5 Å². The molecule has 0 aromatic heterocycles. The third kappa shape index (κ3) is 5.36. The van der Waals surface area contributed by atoms with Crippen LogP contribution in [0, 0.1) is 5.41 Å². The Morgan fingerprint density at radius 2 is 2.03 bits per heavy atom. The Morgan fingerprint density at radius 3 is 2.72 bits per heavy atom. The lowest BCUT2D eigenvalue weighted by Crippen LogP contribution is -2.48. The molecule has 2 heterocycles. The Hall–Kier alpha value is -1.87. The standard InChI is InChI=1S/C23H33ClN4O4/c24-17-2-1-3-18(14-17)25-22(32)27-10-5-21(31)28(13-12-27)19(16-29)4-9-26-11-8-23(6-7-23)20(30)15-26/h1-3,14,19-20,29-30H,4-13,15-16H2,(H,25,32)/t19-,20+/m0/s1. The molecule has 8 nitrogen and oxygen atoms in total. The number of urea groups is 1. The summed E-state index contributed by atoms with van der Waals surface area (Å²) in [4.78, 5) is 31.0. The van der Waals surface area contributed by atoms with Gasteiger partial charge in [-0.05, 0) is 55.8 Å². The maximum Gasteiger partial charge on any atom is 0.321 e. The lowest BCUT2D eigenvalue weighted by Gasteiger charge is -2.38. The number of anilines is 1. The Bertz CT molecular complexity index is 834. The molecule has 3 amide bonds. The molecule has 176 valence electrons. The fourth-order valence-electron chi connectivity index (χ4n) is 4.90. The summed E-state index contributed by atoms with van der Waals surface area (Å²) in [5.41, 5.74) is 0.780. The van der Waals surface area contributed by atoms with Crippen molar-refractivity contribution < 1.29 is 19.8 Å². The molecule has 3 aliphatic rings. The molecule has 32 heavy (non-hydrogen) atoms. The molecule has 0 unspecified atom stereocenters. The number of hydrogen-bond donors (Lipinski definition) is 3. The third-order valence-electron chi connectivity index (χ3n) is 7.28. The molecule has 4 rings (SSSR count). The van der Waals surface area contributed by atoms with Crippen molar-refractivity contribution in [3.05, 3.63) is 29.3 Å². The number of piperidine rings is 1. The number of nitrogens with one attached hydrogen (secondary N) is 1. The smallest absolute Gasteiger partial charge is 0.321 e. The summed E-state index contributed by atoms with van der Waals surface area (Å²) in [6.45, 7) is 3.38. The van der Waals surface area contributed by atoms with E-state index in [9.17, 15) is 19.8 Å². The normalized spacial score (nSPS) is 24.3. The average molecular weight is 465 g/mol. The Morgan fingerprint density at radius 1 is 1.22 bits per heavy atom. The van der Waals surface area contributed by atoms with Crippen molar-refractivity contribution in [3.8, 4) is 0 Å². The first-order valence-electron chi connectivity index (χ1n) is 11.5. The minimum Gasteiger partial charge on any atom is -0.394 e. The predicted octanol–water partition coefficient (Wildman–Crippen LogP) is 2.00. The molecule has 1 saturated carbocycles. The number of nitrogens with zero attached hydrogens (tertiary/aromatic N) is 3. The molecular weight excluding hydrogens is 432 g/mol. The minimum atomic E-state index is -0.285. The van der Waals surface area contributed by atoms with Crippen LogP contribution in [0.2, 0.25) is 5.02 Å². The van der Waals surface area contributed by atoms with Gasteiger partial charge in [0.2, 0.25) is 5.91 Å². The highest BCUT2D eigenvalue weighted by Crippen LogP contribution is 2.53. The quantitative estimate of drug-likeness (QED) is 0.598. The van der Waals surface area contributed by atoms with Gasteiger partial charge in [0.1, 0.15) is 0 Å². The van der Waals surface area contributed by atoms with Crippen molar-refractivity contribution in [2.24, 2.45) is 5.41 Å². The van der Waals surface area contributed by atoms with Gasteiger partial charge in [0, 0.05) is 49.9 Å². The van der Waals surface area contributed by atoms with Crippen LogP contribution in [-0.4, -0.2) is 94.9 Å². The van der Waals surface area contributed by atoms with Crippen LogP contribution in [0.3, 0.4) is 0 Å². The van der Waals surface area contributed by atoms with Crippen LogP contribution < -0.4 is 5.32 Å². The van der Waals surface area contributed by atoms with Crippen LogP contribution in [0.15, 0.2) is 24.3 Å². The molecule has 2 aliphatic heterocycles. The molecule has 0 bridgehead atoms. The van der Waals surface area contributed by atoms with E-state index in [2.05, 4.69) is 10.2 Å². The summed E-state index contributed by atoms with van der Waals surface area (Å²) < 4.78 is 0. The lowest BCUT2D eigenvalue weighted by molar-refractivity contribution is -0.133. The molecule has 1 spiro atoms. The predicted molar refractivity (Wildman–Crippen MR) is 123 cm³/mol. The van der Waals surface area contributed by atoms with Gasteiger partial charge in [-0.25, -0.2) is 4.79 Å². The van der Waals surface area contributed by atoms with Crippen LogP contribution >= 0.6 is 11.6 Å². The summed E-state index contributed by atoms with van der Waals surface area (Å²) in [6, 6.07) is 6.40. The van der Waals surface area contributed by atoms with E-state index < -0.39 is 0 Å². The van der Waals surface area contributed by atoms with E-state index >= 15 is 0 Å². The molecule has 9 heteroatoms. The third-order valence-corrected chi connectivity index (χ3v) is 7.51. The first kappa shape index (κ1) is 23.3. The summed E-state index contributed by atoms with van der Waals surface area (Å²) in [5, 5.41) is 23.8. The monoisotopic (exact) mass is 464 g/mol. The fraction of sp³-hybridized carbons (Fsp3) is 0.652. The molecule has 2 saturated heterocycles. The molecule has 2 atom stereocenters. The lowest BCUT2D eigenvalue weighted by atomic mass is 9.90. The van der Waals surface area contributed by atoms with Crippen LogP contribution in [-0.2, 0) is 4.79 Å². The molecule has 1 aromatic carbocycles. The number of benzene rings is 1. The molecule has 3 N–H and O–H groups in total. The molecule has 1 aliphatic carbocycles. The van der Waals surface area contributed by atoms with E-state index in [1.807, 2.05) is 0 Å². The maximum atomic E-state index is 12.8. The number of carbonyl (C=O) groups is 2. The minimum absolute atomic E-state index is 0.0438. The molecule has 0 radical (unpaired) electrons. The van der Waals surface area contributed by atoms with Crippen molar-refractivity contribution in [2.75, 3.05) is 51.2 Å². The van der Waals surface area contributed by atoms with Crippen molar-refractivity contribution in [3.63, 3.8) is 0 Å². The zero-order chi connectivity index (χ0) is 22.7. The van der Waals surface area contributed by atoms with E-state index in [1.54, 1.807) is 34.1 Å². The van der Waals surface area contributed by atoms with Crippen LogP contribution in [0.4, 0.5) is 10.5 Å². The second-order valence-corrected chi connectivity index (χ2v) is 9.75. The van der Waals surface area contributed by atoms with Gasteiger partial charge in [-0.3, -0.25) is 4.79 Å². The second-order valence-electron chi connectivity index (χ2n) is 9.32. The number of aliphatic hydroxyl groups excluding tert-OH is 2. The van der Waals surface area contributed by atoms with E-state index in [1.165, 1.54) is 0 Å². The van der Waals surface area contributed by atoms with Gasteiger partial charge in [-0.2, -0.15) is 0 Å². The number of hydrogen-bond acceptors (Lipinski definition) is 5. The van der Waals surface area contributed by atoms with Gasteiger partial charge in [-0.1, -0.05) is 17.7 Å². The number of β-amino-alcohol motifs (C(OH)–C–C–N with tert-alkyl or cyclic N) is 1. The average Bonchev–Trinajstić information content (AvgIpc) is 3.57. The number of rotatable bonds is 6. The first-order chi connectivity index (χ1) is 15.4. The fourth-order valence-corrected chi connectivity index (χ4v) is 5.09. The highest BCUT2D eigenvalue weighted by molar-refractivity contribution is 6.30. The molecule has 3 fully saturated rings. The number of likely N-dealkylation sites (tertiary alicyclic amines) is 1. The Labute approximate surface area is 194 Å². The number of carbonyl (C=O) groups excluding carboxylic acids is 2. The highest BCUT2D eigenvalue weighted by Gasteiger charge is 2.51. The van der Waals surface area contributed by atoms with E-state index in [0.29, 0.717) is 43.3 Å². The maximum absolute atomic E-state index is 12.8. The van der Waals surface area contributed by atoms with Crippen molar-refractivity contribution in [2.45, 2.75) is 44.2 Å². The number of aliphatic hydroxyl groups is 2. The van der Waals surface area contributed by atoms with Crippen molar-refractivity contribution in [1.29, 1.82) is 0 Å². The number of halogens is 1. The van der Waals surface area contributed by atoms with Crippen molar-refractivity contribution in [1.82, 2.24) is 14.7 Å². The van der Waals surface area contributed by atoms with Crippen molar-refractivity contribution >= 4 is 29.2 Å². The highest BCUT2D eigenvalue weighted by atomic mass is 35.5. The SMILES string of the molecule is O=C(Nc1cccc(Cl)c1)N1CCC(=O)N([C@H](CO)CCN2CCC3(CC3)[C@H](O)C2)CC1. The van der Waals surface area contributed by atoms with Crippen LogP contribution in [0.25, 0.3) is 0 Å². The molecular formula is C23H33ClN4O4. The van der Waals surface area contributed by atoms with E-state index in [4.69, 9.17) is 11.6 Å². The van der Waals surface area contributed by atoms with Crippen LogP contribution in [0.5, 0.6) is 0 Å². The van der Waals surface area contributed by atoms with Gasteiger partial charge >= 0.3 is 6.03 Å². The van der Waals surface area contributed by atoms with E-state index in [0.717, 1.165) is 32.4 Å². The van der Waals surface area contributed by atoms with Gasteiger partial charge in [0.15, 0.2) is 0 Å². The largest absolute Gasteiger partial charge is 0.394 e. The van der Waals surface area contributed by atoms with Gasteiger partial charge in [0.25, 0.3) is 0 Å². The zero-order valence-corrected chi connectivity index (χ0v) is 19.1. The Balaban J connectivity index is 1.29. The van der Waals surface area contributed by atoms with Gasteiger partial charge in [-0.15, -0.1) is 0 Å². The number of amides is 3. The van der Waals surface area contributed by atoms with Gasteiger partial charge < -0.3 is 30.2 Å². The molecule has 1 aromatic rings. The van der Waals surface area contributed by atoms with Crippen LogP contribution in [0.1, 0.15) is 32.1 Å². The summed E-state index contributed by atoms with van der Waals surface area (Å²) >= 11 is 5.98. The summed E-state index contributed by atoms with van der Waals surface area (Å²) in [5.74, 6) is -0.0438.